The van der Waals surface area contributed by atoms with Crippen LogP contribution in [0.5, 0.6) is 0 Å². The molecule has 0 saturated carbocycles. The molecule has 0 aromatic heterocycles. The molecule has 0 aliphatic carbocycles. The van der Waals surface area contributed by atoms with Gasteiger partial charge >= 0.3 is 0 Å². The third-order valence-electron chi connectivity index (χ3n) is 3.74. The molecule has 0 fully saturated rings. The van der Waals surface area contributed by atoms with E-state index in [0.29, 0.717) is 19.4 Å². The van der Waals surface area contributed by atoms with E-state index in [9.17, 15) is 18.0 Å². The fourth-order valence-corrected chi connectivity index (χ4v) is 3.38. The number of hydrogen-bond donors (Lipinski definition) is 2. The van der Waals surface area contributed by atoms with Gasteiger partial charge in [0.2, 0.25) is 11.8 Å². The van der Waals surface area contributed by atoms with Crippen LogP contribution in [-0.4, -0.2) is 20.2 Å². The molecule has 0 radical (unpaired) electrons. The van der Waals surface area contributed by atoms with Crippen molar-refractivity contribution in [2.45, 2.75) is 37.6 Å². The zero-order valence-electron chi connectivity index (χ0n) is 14.6. The van der Waals surface area contributed by atoms with Crippen molar-refractivity contribution in [2.75, 3.05) is 0 Å². The molecule has 0 saturated heterocycles. The SMILES string of the molecule is CC(=O)NCc1ccc(S(=O)(=O)NC(=O)CCCc2ccccc2)cc1. The molecular weight excluding hydrogens is 352 g/mol. The zero-order chi connectivity index (χ0) is 19.0. The summed E-state index contributed by atoms with van der Waals surface area (Å²) < 4.78 is 26.6. The maximum absolute atomic E-state index is 12.3. The van der Waals surface area contributed by atoms with Crippen molar-refractivity contribution in [1.29, 1.82) is 0 Å². The first-order valence-electron chi connectivity index (χ1n) is 8.30. The third kappa shape index (κ3) is 6.33. The summed E-state index contributed by atoms with van der Waals surface area (Å²) in [5.74, 6) is -0.687. The quantitative estimate of drug-likeness (QED) is 0.740. The van der Waals surface area contributed by atoms with E-state index in [1.165, 1.54) is 19.1 Å². The van der Waals surface area contributed by atoms with Gasteiger partial charge in [0.05, 0.1) is 4.90 Å². The predicted octanol–water partition coefficient (Wildman–Crippen LogP) is 2.15. The molecule has 2 aromatic rings. The standard InChI is InChI=1S/C19H22N2O4S/c1-15(22)20-14-17-10-12-18(13-11-17)26(24,25)21-19(23)9-5-8-16-6-3-2-4-7-16/h2-4,6-7,10-13H,5,8-9,14H2,1H3,(H,20,22)(H,21,23). The minimum atomic E-state index is -3.89. The van der Waals surface area contributed by atoms with Gasteiger partial charge in [-0.25, -0.2) is 13.1 Å². The molecule has 26 heavy (non-hydrogen) atoms. The maximum Gasteiger partial charge on any atom is 0.264 e. The molecule has 2 amide bonds. The minimum Gasteiger partial charge on any atom is -0.352 e. The first kappa shape index (κ1) is 19.7. The van der Waals surface area contributed by atoms with Crippen LogP contribution in [0.25, 0.3) is 0 Å². The summed E-state index contributed by atoms with van der Waals surface area (Å²) in [6.45, 7) is 1.73. The van der Waals surface area contributed by atoms with Crippen molar-refractivity contribution in [1.82, 2.24) is 10.0 Å². The molecule has 6 nitrogen and oxygen atoms in total. The molecule has 2 rings (SSSR count). The van der Waals surface area contributed by atoms with Crippen LogP contribution in [0.1, 0.15) is 30.9 Å². The highest BCUT2D eigenvalue weighted by Crippen LogP contribution is 2.11. The summed E-state index contributed by atoms with van der Waals surface area (Å²) in [6, 6.07) is 15.7. The number of amides is 2. The number of carbonyl (C=O) groups is 2. The Morgan fingerprint density at radius 1 is 0.923 bits per heavy atom. The van der Waals surface area contributed by atoms with Gasteiger partial charge in [-0.15, -0.1) is 0 Å². The van der Waals surface area contributed by atoms with Gasteiger partial charge in [0, 0.05) is 19.9 Å². The van der Waals surface area contributed by atoms with Crippen molar-refractivity contribution in [3.8, 4) is 0 Å². The monoisotopic (exact) mass is 374 g/mol. The third-order valence-corrected chi connectivity index (χ3v) is 5.12. The van der Waals surface area contributed by atoms with Crippen LogP contribution in [-0.2, 0) is 32.6 Å². The average Bonchev–Trinajstić information content (AvgIpc) is 2.61. The molecule has 0 atom stereocenters. The van der Waals surface area contributed by atoms with E-state index < -0.39 is 15.9 Å². The molecule has 138 valence electrons. The van der Waals surface area contributed by atoms with Gasteiger partial charge < -0.3 is 5.32 Å². The molecule has 0 bridgehead atoms. The van der Waals surface area contributed by atoms with Gasteiger partial charge in [0.15, 0.2) is 0 Å². The van der Waals surface area contributed by atoms with Crippen LogP contribution in [0.15, 0.2) is 59.5 Å². The van der Waals surface area contributed by atoms with Crippen molar-refractivity contribution in [3.05, 3.63) is 65.7 Å². The lowest BCUT2D eigenvalue weighted by Gasteiger charge is -2.08. The van der Waals surface area contributed by atoms with E-state index in [1.54, 1.807) is 12.1 Å². The molecule has 0 spiro atoms. The largest absolute Gasteiger partial charge is 0.352 e. The highest BCUT2D eigenvalue weighted by molar-refractivity contribution is 7.90. The van der Waals surface area contributed by atoms with E-state index in [-0.39, 0.29) is 17.2 Å². The molecule has 0 aliphatic heterocycles. The van der Waals surface area contributed by atoms with Crippen LogP contribution < -0.4 is 10.0 Å². The van der Waals surface area contributed by atoms with Crippen LogP contribution in [0, 0.1) is 0 Å². The number of carbonyl (C=O) groups excluding carboxylic acids is 2. The van der Waals surface area contributed by atoms with E-state index in [2.05, 4.69) is 10.0 Å². The van der Waals surface area contributed by atoms with E-state index in [1.807, 2.05) is 30.3 Å². The second kappa shape index (κ2) is 9.15. The first-order chi connectivity index (χ1) is 12.4. The van der Waals surface area contributed by atoms with Gasteiger partial charge in [-0.1, -0.05) is 42.5 Å². The van der Waals surface area contributed by atoms with E-state index in [4.69, 9.17) is 0 Å². The van der Waals surface area contributed by atoms with Gasteiger partial charge in [0.25, 0.3) is 10.0 Å². The highest BCUT2D eigenvalue weighted by atomic mass is 32.2. The number of benzene rings is 2. The van der Waals surface area contributed by atoms with Crippen LogP contribution >= 0.6 is 0 Å². The van der Waals surface area contributed by atoms with Gasteiger partial charge in [-0.05, 0) is 36.1 Å². The van der Waals surface area contributed by atoms with Crippen molar-refractivity contribution in [2.24, 2.45) is 0 Å². The summed E-state index contributed by atoms with van der Waals surface area (Å²) >= 11 is 0. The van der Waals surface area contributed by atoms with Crippen molar-refractivity contribution in [3.63, 3.8) is 0 Å². The molecule has 2 aromatic carbocycles. The molecule has 7 heteroatoms. The summed E-state index contributed by atoms with van der Waals surface area (Å²) in [5, 5.41) is 2.63. The van der Waals surface area contributed by atoms with Crippen molar-refractivity contribution < 1.29 is 18.0 Å². The predicted molar refractivity (Wildman–Crippen MR) is 98.7 cm³/mol. The van der Waals surface area contributed by atoms with Crippen LogP contribution in [0.4, 0.5) is 0 Å². The van der Waals surface area contributed by atoms with Gasteiger partial charge in [0.1, 0.15) is 0 Å². The van der Waals surface area contributed by atoms with Gasteiger partial charge in [-0.3, -0.25) is 9.59 Å². The Balaban J connectivity index is 1.86. The van der Waals surface area contributed by atoms with Crippen LogP contribution in [0.3, 0.4) is 0 Å². The maximum atomic E-state index is 12.3. The molecule has 0 heterocycles. The fraction of sp³-hybridized carbons (Fsp3) is 0.263. The number of sulfonamides is 1. The highest BCUT2D eigenvalue weighted by Gasteiger charge is 2.17. The Labute approximate surface area is 153 Å². The van der Waals surface area contributed by atoms with Gasteiger partial charge in [-0.2, -0.15) is 0 Å². The number of nitrogens with one attached hydrogen (secondary N) is 2. The zero-order valence-corrected chi connectivity index (χ0v) is 15.4. The van der Waals surface area contributed by atoms with Crippen LogP contribution in [0.2, 0.25) is 0 Å². The summed E-state index contributed by atoms with van der Waals surface area (Å²) in [7, 11) is -3.89. The lowest BCUT2D eigenvalue weighted by atomic mass is 10.1. The average molecular weight is 374 g/mol. The van der Waals surface area contributed by atoms with E-state index in [0.717, 1.165) is 11.1 Å². The molecule has 0 aliphatic rings. The molecule has 0 unspecified atom stereocenters. The number of aryl methyl sites for hydroxylation is 1. The lowest BCUT2D eigenvalue weighted by Crippen LogP contribution is -2.30. The smallest absolute Gasteiger partial charge is 0.264 e. The topological polar surface area (TPSA) is 92.3 Å². The second-order valence-electron chi connectivity index (χ2n) is 5.92. The second-order valence-corrected chi connectivity index (χ2v) is 7.60. The first-order valence-corrected chi connectivity index (χ1v) is 9.78. The number of rotatable bonds is 8. The summed E-state index contributed by atoms with van der Waals surface area (Å²) in [6.07, 6.45) is 1.42. The number of hydrogen-bond acceptors (Lipinski definition) is 4. The Morgan fingerprint density at radius 3 is 2.19 bits per heavy atom. The Morgan fingerprint density at radius 2 is 1.58 bits per heavy atom. The fourth-order valence-electron chi connectivity index (χ4n) is 2.37. The lowest BCUT2D eigenvalue weighted by molar-refractivity contribution is -0.120. The summed E-state index contributed by atoms with van der Waals surface area (Å²) in [4.78, 5) is 22.8. The Kier molecular flexibility index (Phi) is 6.91. The van der Waals surface area contributed by atoms with Crippen molar-refractivity contribution >= 4 is 21.8 Å². The minimum absolute atomic E-state index is 0.0143. The van der Waals surface area contributed by atoms with E-state index >= 15 is 0 Å². The molecule has 2 N–H and O–H groups in total. The normalized spacial score (nSPS) is 11.0. The summed E-state index contributed by atoms with van der Waals surface area (Å²) in [5.41, 5.74) is 1.88. The Hall–Kier alpha value is -2.67. The molecular formula is C19H22N2O4S. The Bertz CT molecular complexity index is 847.